The van der Waals surface area contributed by atoms with Gasteiger partial charge in [-0.3, -0.25) is 0 Å². The van der Waals surface area contributed by atoms with Gasteiger partial charge in [-0.15, -0.1) is 11.3 Å². The maximum Gasteiger partial charge on any atom is 0.0963 e. The summed E-state index contributed by atoms with van der Waals surface area (Å²) in [5.41, 5.74) is 1.35. The normalized spacial score (nSPS) is 29.5. The van der Waals surface area contributed by atoms with Gasteiger partial charge in [0.05, 0.1) is 10.7 Å². The largest absolute Gasteiger partial charge is 0.315 e. The molecule has 2 aliphatic rings. The fourth-order valence-corrected chi connectivity index (χ4v) is 5.27. The minimum atomic E-state index is 0.684. The van der Waals surface area contributed by atoms with Crippen LogP contribution in [0.25, 0.3) is 0 Å². The zero-order chi connectivity index (χ0) is 15.0. The topological polar surface area (TPSA) is 28.2 Å². The predicted octanol–water partition coefficient (Wildman–Crippen LogP) is 3.40. The van der Waals surface area contributed by atoms with Crippen molar-refractivity contribution in [2.45, 2.75) is 70.5 Å². The third-order valence-corrected chi connectivity index (χ3v) is 6.44. The van der Waals surface area contributed by atoms with Crippen LogP contribution in [0.2, 0.25) is 0 Å². The number of hydrogen-bond donors (Lipinski definition) is 1. The van der Waals surface area contributed by atoms with Gasteiger partial charge in [0.15, 0.2) is 0 Å². The first-order valence-corrected chi connectivity index (χ1v) is 9.25. The van der Waals surface area contributed by atoms with E-state index in [2.05, 4.69) is 31.1 Å². The second-order valence-corrected chi connectivity index (χ2v) is 8.38. The molecule has 2 atom stereocenters. The summed E-state index contributed by atoms with van der Waals surface area (Å²) >= 11 is 1.97. The highest BCUT2D eigenvalue weighted by Gasteiger charge is 2.40. The lowest BCUT2D eigenvalue weighted by molar-refractivity contribution is 0.161. The van der Waals surface area contributed by atoms with Gasteiger partial charge in [0.2, 0.25) is 0 Å². The molecule has 2 saturated heterocycles. The molecule has 3 rings (SSSR count). The first-order chi connectivity index (χ1) is 10.1. The fraction of sp³-hybridized carbons (Fsp3) is 0.824. The second-order valence-electron chi connectivity index (χ2n) is 7.27. The Balaban J connectivity index is 1.79. The van der Waals surface area contributed by atoms with E-state index in [1.54, 1.807) is 0 Å². The highest BCUT2D eigenvalue weighted by atomic mass is 32.1. The average Bonchev–Trinajstić information content (AvgIpc) is 2.87. The van der Waals surface area contributed by atoms with E-state index in [1.807, 2.05) is 18.4 Å². The minimum absolute atomic E-state index is 0.684. The van der Waals surface area contributed by atoms with Crippen LogP contribution in [0.1, 0.15) is 61.0 Å². The van der Waals surface area contributed by atoms with E-state index >= 15 is 0 Å². The number of nitrogens with one attached hydrogen (secondary N) is 1. The Morgan fingerprint density at radius 1 is 1.29 bits per heavy atom. The highest BCUT2D eigenvalue weighted by Crippen LogP contribution is 2.43. The van der Waals surface area contributed by atoms with Crippen molar-refractivity contribution in [1.82, 2.24) is 15.2 Å². The standard InChI is InChI=1S/C17H29N3S/c1-11(2)7-15-16(10-18-3)21-17(19-15)12-8-13-5-6-14(9-12)20(13)4/h11-14,18H,5-10H2,1-4H3. The molecule has 1 aromatic heterocycles. The van der Waals surface area contributed by atoms with Crippen LogP contribution >= 0.6 is 11.3 Å². The third-order valence-electron chi connectivity index (χ3n) is 5.18. The van der Waals surface area contributed by atoms with Gasteiger partial charge in [-0.2, -0.15) is 0 Å². The van der Waals surface area contributed by atoms with Gasteiger partial charge < -0.3 is 10.2 Å². The molecule has 0 aromatic carbocycles. The molecule has 0 spiro atoms. The Morgan fingerprint density at radius 3 is 2.52 bits per heavy atom. The molecule has 118 valence electrons. The lowest BCUT2D eigenvalue weighted by atomic mass is 9.91. The third kappa shape index (κ3) is 3.17. The molecule has 21 heavy (non-hydrogen) atoms. The number of piperidine rings is 1. The summed E-state index contributed by atoms with van der Waals surface area (Å²) in [6.45, 7) is 5.55. The summed E-state index contributed by atoms with van der Waals surface area (Å²) in [4.78, 5) is 9.16. The molecule has 1 N–H and O–H groups in total. The van der Waals surface area contributed by atoms with Crippen LogP contribution in [-0.2, 0) is 13.0 Å². The lowest BCUT2D eigenvalue weighted by Crippen LogP contribution is -2.39. The molecule has 3 heterocycles. The zero-order valence-electron chi connectivity index (χ0n) is 13.9. The van der Waals surface area contributed by atoms with E-state index in [-0.39, 0.29) is 0 Å². The molecular formula is C17H29N3S. The molecule has 3 nitrogen and oxygen atoms in total. The Labute approximate surface area is 133 Å². The number of aromatic nitrogens is 1. The molecule has 0 saturated carbocycles. The van der Waals surface area contributed by atoms with Gasteiger partial charge >= 0.3 is 0 Å². The SMILES string of the molecule is CNCc1sc(C2CC3CCC(C2)N3C)nc1CC(C)C. The number of nitrogens with zero attached hydrogens (tertiary/aromatic N) is 2. The van der Waals surface area contributed by atoms with Crippen LogP contribution in [0.4, 0.5) is 0 Å². The Hall–Kier alpha value is -0.450. The molecule has 4 heteroatoms. The van der Waals surface area contributed by atoms with Crippen LogP contribution in [0, 0.1) is 5.92 Å². The van der Waals surface area contributed by atoms with Gasteiger partial charge in [0, 0.05) is 29.4 Å². The monoisotopic (exact) mass is 307 g/mol. The fourth-order valence-electron chi connectivity index (χ4n) is 4.04. The first kappa shape index (κ1) is 15.4. The van der Waals surface area contributed by atoms with Crippen LogP contribution in [0.15, 0.2) is 0 Å². The van der Waals surface area contributed by atoms with Crippen molar-refractivity contribution in [2.24, 2.45) is 5.92 Å². The van der Waals surface area contributed by atoms with Crippen LogP contribution < -0.4 is 5.32 Å². The van der Waals surface area contributed by atoms with Gasteiger partial charge in [-0.05, 0) is 52.1 Å². The maximum atomic E-state index is 5.07. The van der Waals surface area contributed by atoms with Crippen molar-refractivity contribution in [3.8, 4) is 0 Å². The number of thiazole rings is 1. The highest BCUT2D eigenvalue weighted by molar-refractivity contribution is 7.11. The molecule has 2 fully saturated rings. The average molecular weight is 308 g/mol. The van der Waals surface area contributed by atoms with Crippen molar-refractivity contribution >= 4 is 11.3 Å². The predicted molar refractivity (Wildman–Crippen MR) is 90.0 cm³/mol. The van der Waals surface area contributed by atoms with Gasteiger partial charge in [-0.25, -0.2) is 4.98 Å². The quantitative estimate of drug-likeness (QED) is 0.903. The summed E-state index contributed by atoms with van der Waals surface area (Å²) in [6, 6.07) is 1.61. The summed E-state index contributed by atoms with van der Waals surface area (Å²) in [5, 5.41) is 4.73. The van der Waals surface area contributed by atoms with Crippen molar-refractivity contribution in [3.05, 3.63) is 15.6 Å². The molecule has 0 amide bonds. The molecule has 0 radical (unpaired) electrons. The summed E-state index contributed by atoms with van der Waals surface area (Å²) in [7, 11) is 4.35. The number of fused-ring (bicyclic) bond motifs is 2. The van der Waals surface area contributed by atoms with Gasteiger partial charge in [0.1, 0.15) is 0 Å². The Kier molecular flexibility index (Phi) is 4.67. The zero-order valence-corrected chi connectivity index (χ0v) is 14.7. The molecule has 2 aliphatic heterocycles. The van der Waals surface area contributed by atoms with Crippen molar-refractivity contribution in [1.29, 1.82) is 0 Å². The van der Waals surface area contributed by atoms with E-state index in [0.717, 1.165) is 25.0 Å². The molecule has 0 aliphatic carbocycles. The lowest BCUT2D eigenvalue weighted by Gasteiger charge is -2.35. The number of hydrogen-bond acceptors (Lipinski definition) is 4. The summed E-state index contributed by atoms with van der Waals surface area (Å²) in [6.07, 6.45) is 6.55. The smallest absolute Gasteiger partial charge is 0.0963 e. The Morgan fingerprint density at radius 2 is 1.95 bits per heavy atom. The molecular weight excluding hydrogens is 278 g/mol. The maximum absolute atomic E-state index is 5.07. The van der Waals surface area contributed by atoms with Gasteiger partial charge in [0.25, 0.3) is 0 Å². The molecule has 2 bridgehead atoms. The van der Waals surface area contributed by atoms with Crippen molar-refractivity contribution in [2.75, 3.05) is 14.1 Å². The first-order valence-electron chi connectivity index (χ1n) is 8.43. The van der Waals surface area contributed by atoms with E-state index < -0.39 is 0 Å². The molecule has 2 unspecified atom stereocenters. The summed E-state index contributed by atoms with van der Waals surface area (Å²) in [5.74, 6) is 1.39. The molecule has 1 aromatic rings. The van der Waals surface area contributed by atoms with Crippen LogP contribution in [0.3, 0.4) is 0 Å². The second kappa shape index (κ2) is 6.35. The number of rotatable bonds is 5. The van der Waals surface area contributed by atoms with Crippen LogP contribution in [-0.4, -0.2) is 36.1 Å². The minimum Gasteiger partial charge on any atom is -0.315 e. The Bertz CT molecular complexity index is 468. The van der Waals surface area contributed by atoms with Crippen molar-refractivity contribution < 1.29 is 0 Å². The van der Waals surface area contributed by atoms with E-state index in [0.29, 0.717) is 11.8 Å². The van der Waals surface area contributed by atoms with Gasteiger partial charge in [-0.1, -0.05) is 13.8 Å². The van der Waals surface area contributed by atoms with E-state index in [4.69, 9.17) is 4.98 Å². The van der Waals surface area contributed by atoms with Crippen molar-refractivity contribution in [3.63, 3.8) is 0 Å². The summed E-state index contributed by atoms with van der Waals surface area (Å²) < 4.78 is 0. The van der Waals surface area contributed by atoms with E-state index in [1.165, 1.54) is 41.3 Å². The van der Waals surface area contributed by atoms with Crippen LogP contribution in [0.5, 0.6) is 0 Å². The van der Waals surface area contributed by atoms with E-state index in [9.17, 15) is 0 Å².